The number of amides is 2. The highest BCUT2D eigenvalue weighted by Gasteiger charge is 2.37. The molecule has 1 unspecified atom stereocenters. The summed E-state index contributed by atoms with van der Waals surface area (Å²) in [5.74, 6) is 0.159. The van der Waals surface area contributed by atoms with Crippen LogP contribution in [0.4, 0.5) is 17.3 Å². The lowest BCUT2D eigenvalue weighted by molar-refractivity contribution is -0.128. The highest BCUT2D eigenvalue weighted by Crippen LogP contribution is 2.37. The summed E-state index contributed by atoms with van der Waals surface area (Å²) in [6.45, 7) is 1.76. The number of nitrogens with two attached hydrogens (primary N) is 1. The van der Waals surface area contributed by atoms with Gasteiger partial charge in [-0.05, 0) is 31.2 Å². The molecule has 1 atom stereocenters. The Balaban J connectivity index is 1.62. The number of nitrogens with zero attached hydrogens (tertiary/aromatic N) is 2. The molecule has 0 spiro atoms. The zero-order valence-corrected chi connectivity index (χ0v) is 15.8. The van der Waals surface area contributed by atoms with Crippen molar-refractivity contribution in [3.63, 3.8) is 0 Å². The fourth-order valence-electron chi connectivity index (χ4n) is 3.13. The van der Waals surface area contributed by atoms with Gasteiger partial charge in [0.15, 0.2) is 11.6 Å². The number of nitrogen functional groups attached to an aromatic ring is 1. The van der Waals surface area contributed by atoms with Crippen molar-refractivity contribution in [1.82, 2.24) is 4.98 Å². The number of ether oxygens (including phenoxy) is 1. The summed E-state index contributed by atoms with van der Waals surface area (Å²) in [6, 6.07) is 19.8. The van der Waals surface area contributed by atoms with Crippen LogP contribution in [0, 0.1) is 6.92 Å². The normalized spacial score (nSPS) is 15.4. The minimum absolute atomic E-state index is 0.205. The number of carbonyl (C=O) groups is 2. The molecule has 7 heteroatoms. The van der Waals surface area contributed by atoms with Gasteiger partial charge in [0.1, 0.15) is 12.4 Å². The maximum absolute atomic E-state index is 13.2. The molecule has 0 fully saturated rings. The van der Waals surface area contributed by atoms with Crippen LogP contribution >= 0.6 is 0 Å². The number of aromatic nitrogens is 1. The summed E-state index contributed by atoms with van der Waals surface area (Å²) in [5, 5.41) is 2.80. The Morgan fingerprint density at radius 1 is 1.10 bits per heavy atom. The van der Waals surface area contributed by atoms with Crippen LogP contribution in [0.5, 0.6) is 5.75 Å². The average molecular weight is 388 g/mol. The first-order chi connectivity index (χ1) is 14.0. The van der Waals surface area contributed by atoms with Crippen molar-refractivity contribution in [2.24, 2.45) is 0 Å². The van der Waals surface area contributed by atoms with E-state index in [1.807, 2.05) is 61.5 Å². The number of carbonyl (C=O) groups excluding carboxylic acids is 2. The average Bonchev–Trinajstić information content (AvgIpc) is 2.72. The third-order valence-corrected chi connectivity index (χ3v) is 4.59. The summed E-state index contributed by atoms with van der Waals surface area (Å²) in [4.78, 5) is 31.4. The molecule has 1 aliphatic heterocycles. The molecule has 0 saturated heterocycles. The molecule has 2 aromatic carbocycles. The lowest BCUT2D eigenvalue weighted by Gasteiger charge is -2.33. The van der Waals surface area contributed by atoms with Crippen molar-refractivity contribution < 1.29 is 14.3 Å². The number of hydrogen-bond acceptors (Lipinski definition) is 5. The molecule has 29 heavy (non-hydrogen) atoms. The first kappa shape index (κ1) is 18.5. The van der Waals surface area contributed by atoms with Crippen LogP contribution in [0.1, 0.15) is 17.2 Å². The fourth-order valence-corrected chi connectivity index (χ4v) is 3.13. The van der Waals surface area contributed by atoms with Crippen LogP contribution in [0.15, 0.2) is 66.7 Å². The molecule has 1 aliphatic rings. The minimum atomic E-state index is -0.860. The van der Waals surface area contributed by atoms with Crippen molar-refractivity contribution in [3.8, 4) is 5.75 Å². The van der Waals surface area contributed by atoms with Gasteiger partial charge < -0.3 is 15.8 Å². The Bertz CT molecular complexity index is 1050. The van der Waals surface area contributed by atoms with Gasteiger partial charge in [0.2, 0.25) is 12.0 Å². The van der Waals surface area contributed by atoms with E-state index in [-0.39, 0.29) is 30.0 Å². The Hall–Kier alpha value is -3.87. The van der Waals surface area contributed by atoms with Crippen LogP contribution < -0.4 is 20.7 Å². The summed E-state index contributed by atoms with van der Waals surface area (Å²) >= 11 is 0. The second-order valence-electron chi connectivity index (χ2n) is 6.81. The molecular formula is C22H20N4O3. The van der Waals surface area contributed by atoms with Crippen LogP contribution in [0.2, 0.25) is 0 Å². The molecule has 0 bridgehead atoms. The van der Waals surface area contributed by atoms with Crippen molar-refractivity contribution in [2.75, 3.05) is 22.5 Å². The molecule has 3 aromatic rings. The number of fused-ring (bicyclic) bond motifs is 1. The van der Waals surface area contributed by atoms with Gasteiger partial charge in [-0.3, -0.25) is 14.5 Å². The van der Waals surface area contributed by atoms with Crippen molar-refractivity contribution in [1.29, 1.82) is 0 Å². The predicted molar refractivity (Wildman–Crippen MR) is 111 cm³/mol. The molecular weight excluding hydrogens is 368 g/mol. The predicted octanol–water partition coefficient (Wildman–Crippen LogP) is 3.08. The van der Waals surface area contributed by atoms with E-state index < -0.39 is 6.10 Å². The van der Waals surface area contributed by atoms with Crippen molar-refractivity contribution >= 4 is 29.1 Å². The zero-order chi connectivity index (χ0) is 20.4. The Morgan fingerprint density at radius 3 is 2.55 bits per heavy atom. The Kier molecular flexibility index (Phi) is 4.87. The first-order valence-corrected chi connectivity index (χ1v) is 9.17. The third-order valence-electron chi connectivity index (χ3n) is 4.59. The number of rotatable bonds is 4. The molecule has 2 heterocycles. The maximum Gasteiger partial charge on any atom is 0.274 e. The second kappa shape index (κ2) is 7.63. The van der Waals surface area contributed by atoms with E-state index in [0.717, 1.165) is 5.56 Å². The maximum atomic E-state index is 13.2. The topological polar surface area (TPSA) is 97.5 Å². The van der Waals surface area contributed by atoms with E-state index in [1.54, 1.807) is 12.1 Å². The number of nitrogens with one attached hydrogen (secondary N) is 1. The number of hydrogen-bond donors (Lipinski definition) is 2. The third kappa shape index (κ3) is 3.89. The molecule has 1 aromatic heterocycles. The van der Waals surface area contributed by atoms with Crippen LogP contribution in [-0.4, -0.2) is 23.3 Å². The standard InChI is InChI=1S/C22H20N4O3/c1-14-7-9-16(10-8-14)24-19(27)13-26-21-17(11-12-18(23)25-21)29-20(22(26)28)15-5-3-2-4-6-15/h2-12,20H,13H2,1H3,(H2,23,25)(H,24,27). The Labute approximate surface area is 168 Å². The van der Waals surface area contributed by atoms with E-state index in [9.17, 15) is 9.59 Å². The number of aryl methyl sites for hydroxylation is 1. The lowest BCUT2D eigenvalue weighted by Crippen LogP contribution is -2.45. The monoisotopic (exact) mass is 388 g/mol. The SMILES string of the molecule is Cc1ccc(NC(=O)CN2C(=O)C(c3ccccc3)Oc3ccc(N)nc32)cc1. The second-order valence-corrected chi connectivity index (χ2v) is 6.81. The zero-order valence-electron chi connectivity index (χ0n) is 15.8. The lowest BCUT2D eigenvalue weighted by atomic mass is 10.1. The molecule has 4 rings (SSSR count). The van der Waals surface area contributed by atoms with Crippen molar-refractivity contribution in [3.05, 3.63) is 77.9 Å². The van der Waals surface area contributed by atoms with Gasteiger partial charge >= 0.3 is 0 Å². The summed E-state index contributed by atoms with van der Waals surface area (Å²) < 4.78 is 5.89. The molecule has 7 nitrogen and oxygen atoms in total. The molecule has 146 valence electrons. The van der Waals surface area contributed by atoms with E-state index in [2.05, 4.69) is 10.3 Å². The van der Waals surface area contributed by atoms with Gasteiger partial charge in [0.25, 0.3) is 5.91 Å². The van der Waals surface area contributed by atoms with Crippen LogP contribution in [0.25, 0.3) is 0 Å². The van der Waals surface area contributed by atoms with Gasteiger partial charge in [0, 0.05) is 11.3 Å². The molecule has 0 aliphatic carbocycles. The summed E-state index contributed by atoms with van der Waals surface area (Å²) in [7, 11) is 0. The number of anilines is 3. The van der Waals surface area contributed by atoms with Crippen molar-refractivity contribution in [2.45, 2.75) is 13.0 Å². The minimum Gasteiger partial charge on any atom is -0.472 e. The van der Waals surface area contributed by atoms with Gasteiger partial charge in [-0.15, -0.1) is 0 Å². The van der Waals surface area contributed by atoms with Crippen LogP contribution in [-0.2, 0) is 9.59 Å². The van der Waals surface area contributed by atoms with Crippen LogP contribution in [0.3, 0.4) is 0 Å². The number of benzene rings is 2. The smallest absolute Gasteiger partial charge is 0.274 e. The van der Waals surface area contributed by atoms with E-state index in [1.165, 1.54) is 4.90 Å². The number of pyridine rings is 1. The van der Waals surface area contributed by atoms with E-state index in [4.69, 9.17) is 10.5 Å². The molecule has 0 saturated carbocycles. The molecule has 0 radical (unpaired) electrons. The summed E-state index contributed by atoms with van der Waals surface area (Å²) in [6.07, 6.45) is -0.860. The highest BCUT2D eigenvalue weighted by molar-refractivity contribution is 6.06. The van der Waals surface area contributed by atoms with Gasteiger partial charge in [-0.1, -0.05) is 48.0 Å². The quantitative estimate of drug-likeness (QED) is 0.716. The van der Waals surface area contributed by atoms with Gasteiger partial charge in [0.05, 0.1) is 0 Å². The fraction of sp³-hybridized carbons (Fsp3) is 0.136. The summed E-state index contributed by atoms with van der Waals surface area (Å²) in [5.41, 5.74) is 8.24. The van der Waals surface area contributed by atoms with Gasteiger partial charge in [-0.2, -0.15) is 0 Å². The molecule has 2 amide bonds. The highest BCUT2D eigenvalue weighted by atomic mass is 16.5. The molecule has 3 N–H and O–H groups in total. The van der Waals surface area contributed by atoms with E-state index in [0.29, 0.717) is 17.0 Å². The van der Waals surface area contributed by atoms with E-state index >= 15 is 0 Å². The van der Waals surface area contributed by atoms with Gasteiger partial charge in [-0.25, -0.2) is 4.98 Å². The Morgan fingerprint density at radius 2 is 1.83 bits per heavy atom. The largest absolute Gasteiger partial charge is 0.472 e. The first-order valence-electron chi connectivity index (χ1n) is 9.17.